The van der Waals surface area contributed by atoms with Gasteiger partial charge in [0.1, 0.15) is 5.76 Å². The van der Waals surface area contributed by atoms with Gasteiger partial charge in [0.05, 0.1) is 19.9 Å². The number of carbonyl (C=O) groups excluding carboxylic acids is 1. The van der Waals surface area contributed by atoms with Crippen LogP contribution in [-0.2, 0) is 17.8 Å². The van der Waals surface area contributed by atoms with Gasteiger partial charge >= 0.3 is 5.97 Å². The molecule has 0 N–H and O–H groups in total. The van der Waals surface area contributed by atoms with Crippen LogP contribution >= 0.6 is 15.9 Å². The molecular formula is C13H14BrNO4. The van der Waals surface area contributed by atoms with Crippen molar-refractivity contribution >= 4 is 21.9 Å². The molecule has 19 heavy (non-hydrogen) atoms. The largest absolute Gasteiger partial charge is 0.463 e. The SMILES string of the molecule is COC(=O)c1occc1CN(C)Cc1ccc(Br)o1. The van der Waals surface area contributed by atoms with Gasteiger partial charge in [0, 0.05) is 12.1 Å². The lowest BCUT2D eigenvalue weighted by atomic mass is 10.2. The van der Waals surface area contributed by atoms with Gasteiger partial charge in [-0.2, -0.15) is 0 Å². The van der Waals surface area contributed by atoms with E-state index in [9.17, 15) is 4.79 Å². The summed E-state index contributed by atoms with van der Waals surface area (Å²) < 4.78 is 15.9. The molecular weight excluding hydrogens is 314 g/mol. The Bertz CT molecular complexity index is 560. The first-order valence-electron chi connectivity index (χ1n) is 5.67. The number of methoxy groups -OCH3 is 1. The standard InChI is InChI=1S/C13H14BrNO4/c1-15(8-10-3-4-11(14)19-10)7-9-5-6-18-12(9)13(16)17-2/h3-6H,7-8H2,1-2H3. The predicted molar refractivity (Wildman–Crippen MR) is 71.6 cm³/mol. The Balaban J connectivity index is 2.01. The maximum Gasteiger partial charge on any atom is 0.374 e. The second-order valence-electron chi connectivity index (χ2n) is 4.14. The van der Waals surface area contributed by atoms with Crippen LogP contribution in [0.15, 0.2) is 38.0 Å². The first kappa shape index (κ1) is 13.9. The Kier molecular flexibility index (Phi) is 4.44. The smallest absolute Gasteiger partial charge is 0.374 e. The van der Waals surface area contributed by atoms with Crippen LogP contribution in [0.5, 0.6) is 0 Å². The van der Waals surface area contributed by atoms with Crippen molar-refractivity contribution < 1.29 is 18.4 Å². The average Bonchev–Trinajstić information content (AvgIpc) is 2.97. The van der Waals surface area contributed by atoms with Crippen molar-refractivity contribution in [2.45, 2.75) is 13.1 Å². The predicted octanol–water partition coefficient (Wildman–Crippen LogP) is 3.05. The van der Waals surface area contributed by atoms with E-state index in [1.165, 1.54) is 13.4 Å². The molecule has 0 atom stereocenters. The Hall–Kier alpha value is -1.53. The fourth-order valence-corrected chi connectivity index (χ4v) is 2.12. The Morgan fingerprint density at radius 3 is 2.79 bits per heavy atom. The van der Waals surface area contributed by atoms with E-state index in [1.54, 1.807) is 6.07 Å². The molecule has 0 aliphatic heterocycles. The average molecular weight is 328 g/mol. The topological polar surface area (TPSA) is 55.8 Å². The molecule has 0 aromatic carbocycles. The normalized spacial score (nSPS) is 10.9. The minimum Gasteiger partial charge on any atom is -0.463 e. The summed E-state index contributed by atoms with van der Waals surface area (Å²) in [6, 6.07) is 5.51. The van der Waals surface area contributed by atoms with Gasteiger partial charge in [-0.25, -0.2) is 4.79 Å². The number of ether oxygens (including phenoxy) is 1. The van der Waals surface area contributed by atoms with Gasteiger partial charge in [-0.1, -0.05) is 0 Å². The van der Waals surface area contributed by atoms with E-state index in [2.05, 4.69) is 20.7 Å². The van der Waals surface area contributed by atoms with Gasteiger partial charge in [-0.15, -0.1) is 0 Å². The van der Waals surface area contributed by atoms with E-state index in [1.807, 2.05) is 24.1 Å². The molecule has 0 unspecified atom stereocenters. The van der Waals surface area contributed by atoms with Crippen molar-refractivity contribution in [2.75, 3.05) is 14.2 Å². The maximum atomic E-state index is 11.5. The summed E-state index contributed by atoms with van der Waals surface area (Å²) in [5.74, 6) is 0.626. The number of esters is 1. The number of rotatable bonds is 5. The Morgan fingerprint density at radius 1 is 1.37 bits per heavy atom. The molecule has 0 radical (unpaired) electrons. The van der Waals surface area contributed by atoms with Crippen LogP contribution in [-0.4, -0.2) is 25.0 Å². The lowest BCUT2D eigenvalue weighted by Crippen LogP contribution is -2.18. The lowest BCUT2D eigenvalue weighted by Gasteiger charge is -2.14. The zero-order valence-electron chi connectivity index (χ0n) is 10.7. The van der Waals surface area contributed by atoms with Crippen LogP contribution in [0.3, 0.4) is 0 Å². The van der Waals surface area contributed by atoms with Crippen LogP contribution < -0.4 is 0 Å². The van der Waals surface area contributed by atoms with E-state index in [0.717, 1.165) is 11.3 Å². The van der Waals surface area contributed by atoms with E-state index >= 15 is 0 Å². The number of hydrogen-bond donors (Lipinski definition) is 0. The highest BCUT2D eigenvalue weighted by Gasteiger charge is 2.17. The van der Waals surface area contributed by atoms with Gasteiger partial charge in [0.25, 0.3) is 0 Å². The van der Waals surface area contributed by atoms with Crippen molar-refractivity contribution in [2.24, 2.45) is 0 Å². The highest BCUT2D eigenvalue weighted by Crippen LogP contribution is 2.18. The van der Waals surface area contributed by atoms with Crippen LogP contribution in [0.2, 0.25) is 0 Å². The molecule has 0 saturated heterocycles. The van der Waals surface area contributed by atoms with E-state index in [0.29, 0.717) is 17.8 Å². The van der Waals surface area contributed by atoms with Gasteiger partial charge in [0.2, 0.25) is 5.76 Å². The minimum atomic E-state index is -0.464. The molecule has 0 aliphatic carbocycles. The molecule has 0 aliphatic rings. The molecule has 0 amide bonds. The van der Waals surface area contributed by atoms with Crippen LogP contribution in [0.25, 0.3) is 0 Å². The first-order chi connectivity index (χ1) is 9.10. The Labute approximate surface area is 119 Å². The van der Waals surface area contributed by atoms with Gasteiger partial charge in [0.15, 0.2) is 4.67 Å². The third-order valence-corrected chi connectivity index (χ3v) is 3.04. The molecule has 5 nitrogen and oxygen atoms in total. The van der Waals surface area contributed by atoms with Crippen molar-refractivity contribution in [1.82, 2.24) is 4.90 Å². The number of hydrogen-bond acceptors (Lipinski definition) is 5. The second-order valence-corrected chi connectivity index (χ2v) is 4.93. The van der Waals surface area contributed by atoms with E-state index < -0.39 is 5.97 Å². The van der Waals surface area contributed by atoms with E-state index in [4.69, 9.17) is 8.83 Å². The number of furan rings is 2. The van der Waals surface area contributed by atoms with Crippen molar-refractivity contribution in [1.29, 1.82) is 0 Å². The summed E-state index contributed by atoms with van der Waals surface area (Å²) in [7, 11) is 3.27. The minimum absolute atomic E-state index is 0.245. The molecule has 2 aromatic rings. The molecule has 2 aromatic heterocycles. The van der Waals surface area contributed by atoms with Gasteiger partial charge in [-0.05, 0) is 41.2 Å². The number of halogens is 1. The molecule has 0 saturated carbocycles. The molecule has 0 fully saturated rings. The number of nitrogens with zero attached hydrogens (tertiary/aromatic N) is 1. The zero-order valence-corrected chi connectivity index (χ0v) is 12.3. The lowest BCUT2D eigenvalue weighted by molar-refractivity contribution is 0.0562. The molecule has 0 spiro atoms. The molecule has 102 valence electrons. The monoisotopic (exact) mass is 327 g/mol. The maximum absolute atomic E-state index is 11.5. The van der Waals surface area contributed by atoms with Crippen molar-refractivity contribution in [3.8, 4) is 0 Å². The fraction of sp³-hybridized carbons (Fsp3) is 0.308. The van der Waals surface area contributed by atoms with Crippen molar-refractivity contribution in [3.63, 3.8) is 0 Å². The molecule has 2 rings (SSSR count). The van der Waals surface area contributed by atoms with Gasteiger partial charge in [-0.3, -0.25) is 4.90 Å². The van der Waals surface area contributed by atoms with Crippen LogP contribution in [0, 0.1) is 0 Å². The second kappa shape index (κ2) is 6.08. The third kappa shape index (κ3) is 3.48. The summed E-state index contributed by atoms with van der Waals surface area (Å²) in [6.07, 6.45) is 1.49. The molecule has 6 heteroatoms. The highest BCUT2D eigenvalue weighted by atomic mass is 79.9. The van der Waals surface area contributed by atoms with Crippen molar-refractivity contribution in [3.05, 3.63) is 46.2 Å². The van der Waals surface area contributed by atoms with E-state index in [-0.39, 0.29) is 5.76 Å². The summed E-state index contributed by atoms with van der Waals surface area (Å²) in [5, 5.41) is 0. The zero-order chi connectivity index (χ0) is 13.8. The summed E-state index contributed by atoms with van der Waals surface area (Å²) >= 11 is 3.26. The highest BCUT2D eigenvalue weighted by molar-refractivity contribution is 9.10. The molecule has 2 heterocycles. The van der Waals surface area contributed by atoms with Gasteiger partial charge < -0.3 is 13.6 Å². The summed E-state index contributed by atoms with van der Waals surface area (Å²) in [5.41, 5.74) is 0.792. The Morgan fingerprint density at radius 2 is 2.16 bits per heavy atom. The van der Waals surface area contributed by atoms with Crippen LogP contribution in [0.1, 0.15) is 21.9 Å². The summed E-state index contributed by atoms with van der Waals surface area (Å²) in [6.45, 7) is 1.21. The number of carbonyl (C=O) groups is 1. The quantitative estimate of drug-likeness (QED) is 0.790. The summed E-state index contributed by atoms with van der Waals surface area (Å²) in [4.78, 5) is 13.5. The third-order valence-electron chi connectivity index (χ3n) is 2.61. The fourth-order valence-electron chi connectivity index (χ4n) is 1.78. The van der Waals surface area contributed by atoms with Crippen LogP contribution in [0.4, 0.5) is 0 Å². The molecule has 0 bridgehead atoms. The first-order valence-corrected chi connectivity index (χ1v) is 6.47.